The van der Waals surface area contributed by atoms with E-state index in [0.717, 1.165) is 15.6 Å². The van der Waals surface area contributed by atoms with Gasteiger partial charge in [-0.25, -0.2) is 4.98 Å². The number of thiazole rings is 1. The van der Waals surface area contributed by atoms with Crippen LogP contribution >= 0.6 is 27.3 Å². The van der Waals surface area contributed by atoms with Gasteiger partial charge in [0.1, 0.15) is 17.5 Å². The van der Waals surface area contributed by atoms with Gasteiger partial charge in [0, 0.05) is 26.7 Å². The minimum atomic E-state index is -0.454. The third-order valence-electron chi connectivity index (χ3n) is 4.68. The summed E-state index contributed by atoms with van der Waals surface area (Å²) in [6.07, 6.45) is 0. The van der Waals surface area contributed by atoms with Gasteiger partial charge >= 0.3 is 0 Å². The van der Waals surface area contributed by atoms with Crippen molar-refractivity contribution in [2.75, 3.05) is 26.0 Å². The molecule has 2 aromatic carbocycles. The van der Waals surface area contributed by atoms with E-state index in [1.165, 1.54) is 24.5 Å². The summed E-state index contributed by atoms with van der Waals surface area (Å²) >= 11 is 4.71. The summed E-state index contributed by atoms with van der Waals surface area (Å²) in [5, 5.41) is 19.6. The number of aromatic nitrogens is 1. The number of anilines is 1. The number of amides is 2. The molecule has 0 spiro atoms. The van der Waals surface area contributed by atoms with Gasteiger partial charge in [-0.3, -0.25) is 14.5 Å². The highest BCUT2D eigenvalue weighted by atomic mass is 79.9. The van der Waals surface area contributed by atoms with E-state index in [4.69, 9.17) is 0 Å². The molecule has 0 fully saturated rings. The lowest BCUT2D eigenvalue weighted by atomic mass is 10.0. The van der Waals surface area contributed by atoms with Gasteiger partial charge < -0.3 is 4.90 Å². The summed E-state index contributed by atoms with van der Waals surface area (Å²) in [7, 11) is 5.17. The molecule has 0 unspecified atom stereocenters. The quantitative estimate of drug-likeness (QED) is 0.368. The van der Waals surface area contributed by atoms with Crippen LogP contribution in [-0.4, -0.2) is 42.8 Å². The number of rotatable bonds is 4. The van der Waals surface area contributed by atoms with Gasteiger partial charge in [-0.05, 0) is 22.0 Å². The molecule has 0 aliphatic carbocycles. The monoisotopic (exact) mass is 494 g/mol. The van der Waals surface area contributed by atoms with E-state index in [9.17, 15) is 14.9 Å². The van der Waals surface area contributed by atoms with E-state index in [2.05, 4.69) is 31.1 Å². The Labute approximate surface area is 190 Å². The number of fused-ring (bicyclic) bond motifs is 1. The summed E-state index contributed by atoms with van der Waals surface area (Å²) in [5.41, 5.74) is 2.24. The number of nitrogens with zero attached hydrogens (tertiary/aromatic N) is 6. The molecule has 1 aliphatic rings. The van der Waals surface area contributed by atoms with E-state index in [1.54, 1.807) is 0 Å². The van der Waals surface area contributed by atoms with Crippen LogP contribution in [0.5, 0.6) is 0 Å². The van der Waals surface area contributed by atoms with Crippen molar-refractivity contribution in [1.29, 1.82) is 5.26 Å². The van der Waals surface area contributed by atoms with Gasteiger partial charge in [0.05, 0.1) is 21.2 Å². The molecule has 8 nitrogen and oxygen atoms in total. The van der Waals surface area contributed by atoms with Crippen LogP contribution < -0.4 is 4.90 Å². The Balaban J connectivity index is 1.85. The molecule has 154 valence electrons. The smallest absolute Gasteiger partial charge is 0.262 e. The second-order valence-electron chi connectivity index (χ2n) is 6.90. The molecule has 0 radical (unpaired) electrons. The fraction of sp³-hybridized carbons (Fsp3) is 0.143. The number of imide groups is 1. The number of halogens is 1. The first-order chi connectivity index (χ1) is 14.8. The van der Waals surface area contributed by atoms with E-state index >= 15 is 0 Å². The normalized spacial score (nSPS) is 13.1. The van der Waals surface area contributed by atoms with Gasteiger partial charge in [0.2, 0.25) is 0 Å². The van der Waals surface area contributed by atoms with Crippen LogP contribution in [-0.2, 0) is 0 Å². The molecule has 0 saturated carbocycles. The summed E-state index contributed by atoms with van der Waals surface area (Å²) in [6.45, 7) is 0. The number of azo groups is 1. The molecule has 0 atom stereocenters. The lowest BCUT2D eigenvalue weighted by Gasteiger charge is -2.05. The predicted molar refractivity (Wildman–Crippen MR) is 121 cm³/mol. The highest BCUT2D eigenvalue weighted by Crippen LogP contribution is 2.43. The summed E-state index contributed by atoms with van der Waals surface area (Å²) < 4.78 is 0.270. The molecule has 0 bridgehead atoms. The van der Waals surface area contributed by atoms with Gasteiger partial charge in [-0.1, -0.05) is 41.7 Å². The number of hydrogen-bond acceptors (Lipinski definition) is 8. The van der Waals surface area contributed by atoms with Crippen LogP contribution in [0.1, 0.15) is 26.3 Å². The fourth-order valence-electron chi connectivity index (χ4n) is 3.08. The SMILES string of the molecule is CN1C(=O)c2cc(C#N)c(/N=N/c3sc(N(C)C)nc3-c3ccccc3)c(Br)c2C1=O. The third kappa shape index (κ3) is 3.52. The standard InChI is InChI=1S/C21H15BrN6O2S/c1-27(2)21-24-17(11-7-5-4-6-8-11)18(31-21)26-25-16-12(10-23)9-13-14(15(16)22)20(30)28(3)19(13)29/h4-9H,1-3H3/b26-25+. The number of carbonyl (C=O) groups excluding carboxylic acids is 2. The third-order valence-corrected chi connectivity index (χ3v) is 6.56. The van der Waals surface area contributed by atoms with Gasteiger partial charge in [-0.15, -0.1) is 10.2 Å². The van der Waals surface area contributed by atoms with Crippen LogP contribution in [0.2, 0.25) is 0 Å². The van der Waals surface area contributed by atoms with Crippen molar-refractivity contribution < 1.29 is 9.59 Å². The summed E-state index contributed by atoms with van der Waals surface area (Å²) in [6, 6.07) is 13.0. The van der Waals surface area contributed by atoms with E-state index in [0.29, 0.717) is 10.7 Å². The molecular weight excluding hydrogens is 480 g/mol. The molecular formula is C21H15BrN6O2S. The topological polar surface area (TPSA) is 102 Å². The Morgan fingerprint density at radius 2 is 1.87 bits per heavy atom. The Hall–Kier alpha value is -3.42. The highest BCUT2D eigenvalue weighted by molar-refractivity contribution is 9.10. The predicted octanol–water partition coefficient (Wildman–Crippen LogP) is 5.15. The van der Waals surface area contributed by atoms with Crippen LogP contribution in [0.3, 0.4) is 0 Å². The first-order valence-electron chi connectivity index (χ1n) is 9.07. The maximum atomic E-state index is 12.5. The molecule has 1 aliphatic heterocycles. The minimum Gasteiger partial charge on any atom is -0.354 e. The highest BCUT2D eigenvalue weighted by Gasteiger charge is 2.37. The molecule has 10 heteroatoms. The van der Waals surface area contributed by atoms with Crippen molar-refractivity contribution in [1.82, 2.24) is 9.88 Å². The molecule has 0 saturated heterocycles. The first kappa shape index (κ1) is 20.8. The number of hydrogen-bond donors (Lipinski definition) is 0. The lowest BCUT2D eigenvalue weighted by molar-refractivity contribution is 0.0693. The Morgan fingerprint density at radius 1 is 1.16 bits per heavy atom. The summed E-state index contributed by atoms with van der Waals surface area (Å²) in [4.78, 5) is 32.3. The van der Waals surface area contributed by atoms with Crippen LogP contribution in [0, 0.1) is 11.3 Å². The van der Waals surface area contributed by atoms with Crippen LogP contribution in [0.4, 0.5) is 15.8 Å². The Bertz CT molecular complexity index is 1290. The maximum absolute atomic E-state index is 12.5. The van der Waals surface area contributed by atoms with Crippen molar-refractivity contribution in [3.63, 3.8) is 0 Å². The zero-order valence-electron chi connectivity index (χ0n) is 16.8. The minimum absolute atomic E-state index is 0.143. The number of nitriles is 1. The van der Waals surface area contributed by atoms with Crippen molar-refractivity contribution in [3.8, 4) is 17.3 Å². The van der Waals surface area contributed by atoms with Gasteiger partial charge in [0.15, 0.2) is 10.1 Å². The molecule has 31 heavy (non-hydrogen) atoms. The number of carbonyl (C=O) groups is 2. The fourth-order valence-corrected chi connectivity index (χ4v) is 4.59. The molecule has 3 aromatic rings. The molecule has 1 aromatic heterocycles. The molecule has 2 heterocycles. The second-order valence-corrected chi connectivity index (χ2v) is 8.65. The Morgan fingerprint density at radius 3 is 2.52 bits per heavy atom. The number of benzene rings is 2. The van der Waals surface area contributed by atoms with E-state index in [1.807, 2.05) is 55.4 Å². The average Bonchev–Trinajstić information content (AvgIpc) is 3.29. The lowest BCUT2D eigenvalue weighted by Crippen LogP contribution is -2.24. The molecule has 2 amide bonds. The average molecular weight is 495 g/mol. The van der Waals surface area contributed by atoms with Gasteiger partial charge in [-0.2, -0.15) is 5.26 Å². The van der Waals surface area contributed by atoms with E-state index in [-0.39, 0.29) is 26.9 Å². The first-order valence-corrected chi connectivity index (χ1v) is 10.7. The summed E-state index contributed by atoms with van der Waals surface area (Å²) in [5.74, 6) is -0.907. The van der Waals surface area contributed by atoms with E-state index < -0.39 is 11.8 Å². The van der Waals surface area contributed by atoms with Gasteiger partial charge in [0.25, 0.3) is 11.8 Å². The Kier molecular flexibility index (Phi) is 5.39. The van der Waals surface area contributed by atoms with Crippen LogP contribution in [0.25, 0.3) is 11.3 Å². The largest absolute Gasteiger partial charge is 0.354 e. The molecule has 4 rings (SSSR count). The zero-order chi connectivity index (χ0) is 22.3. The zero-order valence-corrected chi connectivity index (χ0v) is 19.2. The van der Waals surface area contributed by atoms with Crippen molar-refractivity contribution in [2.45, 2.75) is 0 Å². The second kappa shape index (κ2) is 8.02. The van der Waals surface area contributed by atoms with Crippen molar-refractivity contribution >= 4 is 54.9 Å². The van der Waals surface area contributed by atoms with Crippen molar-refractivity contribution in [3.05, 3.63) is 57.6 Å². The maximum Gasteiger partial charge on any atom is 0.262 e. The van der Waals surface area contributed by atoms with Crippen LogP contribution in [0.15, 0.2) is 51.1 Å². The molecule has 0 N–H and O–H groups in total. The van der Waals surface area contributed by atoms with Crippen molar-refractivity contribution in [2.24, 2.45) is 10.2 Å².